The monoisotopic (exact) mass is 610 g/mol. The van der Waals surface area contributed by atoms with Crippen LogP contribution in [-0.4, -0.2) is 40.5 Å². The van der Waals surface area contributed by atoms with Crippen molar-refractivity contribution in [2.24, 2.45) is 0 Å². The predicted octanol–water partition coefficient (Wildman–Crippen LogP) is 7.98. The topological polar surface area (TPSA) is 119 Å². The van der Waals surface area contributed by atoms with Crippen molar-refractivity contribution in [1.29, 1.82) is 0 Å². The van der Waals surface area contributed by atoms with Crippen molar-refractivity contribution >= 4 is 58.0 Å². The van der Waals surface area contributed by atoms with E-state index >= 15 is 0 Å². The minimum Gasteiger partial charge on any atom is -0.495 e. The highest BCUT2D eigenvalue weighted by atomic mass is 35.5. The molecule has 218 valence electrons. The lowest BCUT2D eigenvalue weighted by Gasteiger charge is -2.15. The summed E-state index contributed by atoms with van der Waals surface area (Å²) < 4.78 is 21.3. The summed E-state index contributed by atoms with van der Waals surface area (Å²) in [6.45, 7) is 0. The van der Waals surface area contributed by atoms with Crippen molar-refractivity contribution in [1.82, 2.24) is 0 Å². The summed E-state index contributed by atoms with van der Waals surface area (Å²) in [4.78, 5) is 25.2. The number of nitrogens with one attached hydrogen (secondary N) is 4. The van der Waals surface area contributed by atoms with Crippen LogP contribution in [-0.2, 0) is 0 Å². The van der Waals surface area contributed by atoms with Crippen molar-refractivity contribution in [3.8, 4) is 34.1 Å². The van der Waals surface area contributed by atoms with Gasteiger partial charge in [-0.1, -0.05) is 35.3 Å². The molecule has 0 radical (unpaired) electrons. The molecule has 0 unspecified atom stereocenters. The number of halogens is 2. The van der Waals surface area contributed by atoms with Crippen LogP contribution in [0.15, 0.2) is 72.8 Å². The second-order valence-electron chi connectivity index (χ2n) is 8.69. The van der Waals surface area contributed by atoms with Gasteiger partial charge in [-0.3, -0.25) is 0 Å². The molecule has 0 heterocycles. The number of hydrogen-bond donors (Lipinski definition) is 4. The zero-order valence-electron chi connectivity index (χ0n) is 23.1. The van der Waals surface area contributed by atoms with Crippen LogP contribution in [0.1, 0.15) is 0 Å². The Kier molecular flexibility index (Phi) is 9.85. The minimum absolute atomic E-state index is 0.372. The minimum atomic E-state index is -0.477. The van der Waals surface area contributed by atoms with Gasteiger partial charge in [0.2, 0.25) is 0 Å². The smallest absolute Gasteiger partial charge is 0.323 e. The van der Waals surface area contributed by atoms with Gasteiger partial charge < -0.3 is 40.2 Å². The molecule has 0 saturated heterocycles. The third kappa shape index (κ3) is 7.28. The second-order valence-corrected chi connectivity index (χ2v) is 9.50. The zero-order valence-corrected chi connectivity index (χ0v) is 24.6. The van der Waals surface area contributed by atoms with Crippen molar-refractivity contribution in [3.05, 3.63) is 82.8 Å². The van der Waals surface area contributed by atoms with Gasteiger partial charge in [0.25, 0.3) is 0 Å². The fourth-order valence-electron chi connectivity index (χ4n) is 4.01. The molecule has 4 amide bonds. The molecule has 42 heavy (non-hydrogen) atoms. The van der Waals surface area contributed by atoms with Crippen LogP contribution >= 0.6 is 23.2 Å². The van der Waals surface area contributed by atoms with E-state index in [4.69, 9.17) is 42.1 Å². The molecule has 12 heteroatoms. The Morgan fingerprint density at radius 2 is 0.881 bits per heavy atom. The number of methoxy groups -OCH3 is 4. The summed E-state index contributed by atoms with van der Waals surface area (Å²) in [5.74, 6) is 1.88. The lowest BCUT2D eigenvalue weighted by molar-refractivity contribution is 0.261. The van der Waals surface area contributed by atoms with Crippen LogP contribution in [0.5, 0.6) is 23.0 Å². The fraction of sp³-hybridized carbons (Fsp3) is 0.133. The maximum atomic E-state index is 12.6. The zero-order chi connectivity index (χ0) is 30.2. The highest BCUT2D eigenvalue weighted by molar-refractivity contribution is 6.32. The Morgan fingerprint density at radius 1 is 0.500 bits per heavy atom. The van der Waals surface area contributed by atoms with E-state index in [0.717, 1.165) is 11.1 Å². The summed E-state index contributed by atoms with van der Waals surface area (Å²) in [6.07, 6.45) is 0. The molecule has 0 aliphatic rings. The summed E-state index contributed by atoms with van der Waals surface area (Å²) in [5.41, 5.74) is 3.49. The number of carbonyl (C=O) groups excluding carboxylic acids is 2. The molecule has 0 aromatic heterocycles. The third-order valence-electron chi connectivity index (χ3n) is 6.05. The van der Waals surface area contributed by atoms with E-state index in [2.05, 4.69) is 21.3 Å². The number of anilines is 4. The van der Waals surface area contributed by atoms with E-state index < -0.39 is 12.1 Å². The van der Waals surface area contributed by atoms with Crippen LogP contribution in [0, 0.1) is 0 Å². The SMILES string of the molecule is COc1ccc(NC(=O)Nc2ccc(-c3ccc(NC(=O)Nc4ccc(OC)c(Cl)c4)c(OC)c3)cc2OC)cc1Cl. The summed E-state index contributed by atoms with van der Waals surface area (Å²) in [6, 6.07) is 19.5. The van der Waals surface area contributed by atoms with E-state index in [1.165, 1.54) is 28.4 Å². The Hall–Kier alpha value is -4.80. The van der Waals surface area contributed by atoms with Crippen LogP contribution in [0.25, 0.3) is 11.1 Å². The molecule has 0 aliphatic carbocycles. The number of ether oxygens (including phenoxy) is 4. The summed E-state index contributed by atoms with van der Waals surface area (Å²) >= 11 is 12.3. The van der Waals surface area contributed by atoms with E-state index in [9.17, 15) is 9.59 Å². The maximum Gasteiger partial charge on any atom is 0.323 e. The van der Waals surface area contributed by atoms with Crippen LogP contribution in [0.3, 0.4) is 0 Å². The molecule has 4 N–H and O–H groups in total. The normalized spacial score (nSPS) is 10.3. The lowest BCUT2D eigenvalue weighted by atomic mass is 10.0. The standard InChI is InChI=1S/C30H28Cl2N4O6/c1-39-25-11-7-19(15-21(25)31)33-29(37)35-23-9-5-17(13-27(23)41-3)18-6-10-24(28(14-18)42-4)36-30(38)34-20-8-12-26(40-2)22(32)16-20/h5-16H,1-4H3,(H2,33,35,37)(H2,34,36,38). The number of urea groups is 2. The second kappa shape index (κ2) is 13.7. The molecule has 4 aromatic carbocycles. The number of amides is 4. The first-order valence-corrected chi connectivity index (χ1v) is 13.2. The van der Waals surface area contributed by atoms with Crippen molar-refractivity contribution in [3.63, 3.8) is 0 Å². The highest BCUT2D eigenvalue weighted by Crippen LogP contribution is 2.35. The number of hydrogen-bond acceptors (Lipinski definition) is 6. The molecule has 0 saturated carbocycles. The Morgan fingerprint density at radius 3 is 1.21 bits per heavy atom. The van der Waals surface area contributed by atoms with Crippen molar-refractivity contribution < 1.29 is 28.5 Å². The van der Waals surface area contributed by atoms with E-state index in [1.54, 1.807) is 60.7 Å². The molecule has 4 rings (SSSR count). The Bertz CT molecular complexity index is 1500. The fourth-order valence-corrected chi connectivity index (χ4v) is 4.52. The largest absolute Gasteiger partial charge is 0.495 e. The molecular formula is C30H28Cl2N4O6. The van der Waals surface area contributed by atoms with Gasteiger partial charge in [0.05, 0.1) is 49.9 Å². The van der Waals surface area contributed by atoms with Gasteiger partial charge in [0.1, 0.15) is 23.0 Å². The quantitative estimate of drug-likeness (QED) is 0.152. The van der Waals surface area contributed by atoms with Gasteiger partial charge in [0.15, 0.2) is 0 Å². The van der Waals surface area contributed by atoms with Crippen LogP contribution < -0.4 is 40.2 Å². The van der Waals surface area contributed by atoms with E-state index in [1.807, 2.05) is 12.1 Å². The van der Waals surface area contributed by atoms with Gasteiger partial charge >= 0.3 is 12.1 Å². The number of carbonyl (C=O) groups is 2. The number of rotatable bonds is 9. The molecule has 0 atom stereocenters. The number of benzene rings is 4. The molecule has 0 spiro atoms. The lowest BCUT2D eigenvalue weighted by Crippen LogP contribution is -2.20. The highest BCUT2D eigenvalue weighted by Gasteiger charge is 2.14. The first-order chi connectivity index (χ1) is 20.2. The molecule has 0 bridgehead atoms. The maximum absolute atomic E-state index is 12.6. The van der Waals surface area contributed by atoms with Crippen LogP contribution in [0.4, 0.5) is 32.3 Å². The van der Waals surface area contributed by atoms with Crippen molar-refractivity contribution in [2.45, 2.75) is 0 Å². The van der Waals surface area contributed by atoms with Crippen LogP contribution in [0.2, 0.25) is 10.0 Å². The van der Waals surface area contributed by atoms with Gasteiger partial charge in [-0.15, -0.1) is 0 Å². The first-order valence-electron chi connectivity index (χ1n) is 12.4. The third-order valence-corrected chi connectivity index (χ3v) is 6.64. The van der Waals surface area contributed by atoms with Gasteiger partial charge in [-0.05, 0) is 71.8 Å². The van der Waals surface area contributed by atoms with E-state index in [0.29, 0.717) is 55.8 Å². The Balaban J connectivity index is 1.45. The first kappa shape index (κ1) is 30.2. The average molecular weight is 611 g/mol. The van der Waals surface area contributed by atoms with Crippen molar-refractivity contribution in [2.75, 3.05) is 49.7 Å². The Labute approximate surface area is 252 Å². The molecule has 4 aromatic rings. The van der Waals surface area contributed by atoms with Gasteiger partial charge in [-0.2, -0.15) is 0 Å². The summed E-state index contributed by atoms with van der Waals surface area (Å²) in [5, 5.41) is 11.7. The molecule has 0 fully saturated rings. The molecule has 0 aliphatic heterocycles. The average Bonchev–Trinajstić information content (AvgIpc) is 2.97. The molecular weight excluding hydrogens is 583 g/mol. The van der Waals surface area contributed by atoms with Gasteiger partial charge in [-0.25, -0.2) is 9.59 Å². The predicted molar refractivity (Wildman–Crippen MR) is 166 cm³/mol. The summed E-state index contributed by atoms with van der Waals surface area (Å²) in [7, 11) is 6.04. The molecule has 10 nitrogen and oxygen atoms in total. The van der Waals surface area contributed by atoms with Gasteiger partial charge in [0, 0.05) is 11.4 Å². The van der Waals surface area contributed by atoms with E-state index in [-0.39, 0.29) is 0 Å².